The van der Waals surface area contributed by atoms with Crippen molar-refractivity contribution in [2.45, 2.75) is 37.5 Å². The Bertz CT molecular complexity index is 751. The van der Waals surface area contributed by atoms with Crippen molar-refractivity contribution >= 4 is 15.9 Å². The molecule has 144 valence electrons. The van der Waals surface area contributed by atoms with Gasteiger partial charge in [0, 0.05) is 42.1 Å². The van der Waals surface area contributed by atoms with Crippen LogP contribution >= 0.6 is 15.9 Å². The zero-order valence-electron chi connectivity index (χ0n) is 15.6. The molecule has 2 aromatic carbocycles. The molecule has 3 N–H and O–H groups in total. The second kappa shape index (κ2) is 8.74. The normalized spacial score (nSPS) is 24.9. The molecule has 1 aliphatic carbocycles. The molecule has 1 saturated carbocycles. The molecule has 0 bridgehead atoms. The van der Waals surface area contributed by atoms with Gasteiger partial charge in [-0.25, -0.2) is 0 Å². The summed E-state index contributed by atoms with van der Waals surface area (Å²) in [5.41, 5.74) is 8.54. The van der Waals surface area contributed by atoms with Gasteiger partial charge in [-0.3, -0.25) is 0 Å². The highest BCUT2D eigenvalue weighted by Gasteiger charge is 2.37. The average molecular weight is 430 g/mol. The standard InChI is InChI=1S/C22H28BrN3O/c23-18-3-1-2-16(12-18)15-27-20-6-4-17(5-7-20)21-13-22(21)25-9-11-26-10-8-19(24)14-26/h1-7,12,19,21-22,25H,8-11,13-15,24H2/t19?,21-,22+/m0/s1. The van der Waals surface area contributed by atoms with E-state index in [1.165, 1.54) is 17.5 Å². The molecular formula is C22H28BrN3O. The topological polar surface area (TPSA) is 50.5 Å². The highest BCUT2D eigenvalue weighted by Crippen LogP contribution is 2.41. The molecule has 0 aromatic heterocycles. The molecular weight excluding hydrogens is 402 g/mol. The Balaban J connectivity index is 1.19. The van der Waals surface area contributed by atoms with Crippen LogP contribution in [0.3, 0.4) is 0 Å². The Kier molecular flexibility index (Phi) is 6.13. The Hall–Kier alpha value is -1.40. The number of hydrogen-bond acceptors (Lipinski definition) is 4. The zero-order chi connectivity index (χ0) is 18.6. The number of likely N-dealkylation sites (tertiary alicyclic amines) is 1. The fourth-order valence-corrected chi connectivity index (χ4v) is 4.31. The minimum absolute atomic E-state index is 0.378. The van der Waals surface area contributed by atoms with E-state index in [1.807, 2.05) is 12.1 Å². The first-order valence-corrected chi connectivity index (χ1v) is 10.7. The molecule has 1 heterocycles. The summed E-state index contributed by atoms with van der Waals surface area (Å²) >= 11 is 3.50. The van der Waals surface area contributed by atoms with Gasteiger partial charge in [0.05, 0.1) is 0 Å². The zero-order valence-corrected chi connectivity index (χ0v) is 17.2. The lowest BCUT2D eigenvalue weighted by Crippen LogP contribution is -2.33. The van der Waals surface area contributed by atoms with Crippen LogP contribution in [0.25, 0.3) is 0 Å². The van der Waals surface area contributed by atoms with Gasteiger partial charge in [0.1, 0.15) is 12.4 Å². The van der Waals surface area contributed by atoms with Crippen LogP contribution in [0.4, 0.5) is 0 Å². The van der Waals surface area contributed by atoms with Gasteiger partial charge in [-0.15, -0.1) is 0 Å². The van der Waals surface area contributed by atoms with E-state index in [4.69, 9.17) is 10.5 Å². The molecule has 4 rings (SSSR count). The van der Waals surface area contributed by atoms with Gasteiger partial charge >= 0.3 is 0 Å². The van der Waals surface area contributed by atoms with Crippen LogP contribution in [-0.4, -0.2) is 43.2 Å². The number of hydrogen-bond donors (Lipinski definition) is 2. The summed E-state index contributed by atoms with van der Waals surface area (Å²) < 4.78 is 6.99. The monoisotopic (exact) mass is 429 g/mol. The Morgan fingerprint density at radius 1 is 1.19 bits per heavy atom. The molecule has 2 fully saturated rings. The second-order valence-electron chi connectivity index (χ2n) is 7.74. The van der Waals surface area contributed by atoms with Crippen molar-refractivity contribution in [3.8, 4) is 5.75 Å². The van der Waals surface area contributed by atoms with Gasteiger partial charge in [0.2, 0.25) is 0 Å². The third-order valence-corrected chi connectivity index (χ3v) is 6.03. The van der Waals surface area contributed by atoms with Crippen LogP contribution in [0.15, 0.2) is 53.0 Å². The molecule has 1 unspecified atom stereocenters. The lowest BCUT2D eigenvalue weighted by Gasteiger charge is -2.15. The van der Waals surface area contributed by atoms with Gasteiger partial charge < -0.3 is 20.7 Å². The lowest BCUT2D eigenvalue weighted by molar-refractivity contribution is 0.306. The fraction of sp³-hybridized carbons (Fsp3) is 0.455. The van der Waals surface area contributed by atoms with Crippen molar-refractivity contribution in [1.29, 1.82) is 0 Å². The van der Waals surface area contributed by atoms with Crippen molar-refractivity contribution < 1.29 is 4.74 Å². The van der Waals surface area contributed by atoms with Crippen molar-refractivity contribution in [3.63, 3.8) is 0 Å². The highest BCUT2D eigenvalue weighted by atomic mass is 79.9. The van der Waals surface area contributed by atoms with E-state index in [2.05, 4.69) is 62.5 Å². The maximum absolute atomic E-state index is 5.97. The largest absolute Gasteiger partial charge is 0.489 e. The average Bonchev–Trinajstić information content (AvgIpc) is 3.32. The van der Waals surface area contributed by atoms with Crippen LogP contribution in [0, 0.1) is 0 Å². The number of nitrogens with two attached hydrogens (primary N) is 1. The Morgan fingerprint density at radius 2 is 2.04 bits per heavy atom. The Morgan fingerprint density at radius 3 is 2.78 bits per heavy atom. The molecule has 5 heteroatoms. The number of ether oxygens (including phenoxy) is 1. The number of nitrogens with zero attached hydrogens (tertiary/aromatic N) is 1. The second-order valence-corrected chi connectivity index (χ2v) is 8.66. The maximum atomic E-state index is 5.97. The molecule has 0 amide bonds. The summed E-state index contributed by atoms with van der Waals surface area (Å²) in [5.74, 6) is 1.57. The lowest BCUT2D eigenvalue weighted by atomic mass is 10.1. The van der Waals surface area contributed by atoms with Crippen LogP contribution < -0.4 is 15.8 Å². The van der Waals surface area contributed by atoms with Crippen molar-refractivity contribution in [2.75, 3.05) is 26.2 Å². The van der Waals surface area contributed by atoms with Gasteiger partial charge in [-0.2, -0.15) is 0 Å². The molecule has 27 heavy (non-hydrogen) atoms. The summed E-state index contributed by atoms with van der Waals surface area (Å²) in [4.78, 5) is 2.46. The van der Waals surface area contributed by atoms with E-state index in [-0.39, 0.29) is 0 Å². The third-order valence-electron chi connectivity index (χ3n) is 5.54. The van der Waals surface area contributed by atoms with E-state index >= 15 is 0 Å². The number of benzene rings is 2. The predicted octanol–water partition coefficient (Wildman–Crippen LogP) is 3.51. The van der Waals surface area contributed by atoms with E-state index in [0.717, 1.165) is 42.8 Å². The number of halogens is 1. The van der Waals surface area contributed by atoms with Crippen molar-refractivity contribution in [2.24, 2.45) is 5.73 Å². The SMILES string of the molecule is NC1CCN(CCN[C@@H]2C[C@H]2c2ccc(OCc3cccc(Br)c3)cc2)C1. The van der Waals surface area contributed by atoms with E-state index in [0.29, 0.717) is 24.6 Å². The predicted molar refractivity (Wildman–Crippen MR) is 113 cm³/mol. The molecule has 0 radical (unpaired) electrons. The van der Waals surface area contributed by atoms with Crippen LogP contribution in [-0.2, 0) is 6.61 Å². The van der Waals surface area contributed by atoms with Crippen LogP contribution in [0.1, 0.15) is 29.9 Å². The first-order valence-electron chi connectivity index (χ1n) is 9.86. The van der Waals surface area contributed by atoms with Gasteiger partial charge in [-0.05, 0) is 54.8 Å². The number of rotatable bonds is 8. The van der Waals surface area contributed by atoms with E-state index in [9.17, 15) is 0 Å². The summed E-state index contributed by atoms with van der Waals surface area (Å²) in [5, 5.41) is 3.70. The molecule has 1 saturated heterocycles. The highest BCUT2D eigenvalue weighted by molar-refractivity contribution is 9.10. The molecule has 1 aliphatic heterocycles. The minimum atomic E-state index is 0.378. The van der Waals surface area contributed by atoms with Gasteiger partial charge in [-0.1, -0.05) is 40.2 Å². The maximum Gasteiger partial charge on any atom is 0.119 e. The van der Waals surface area contributed by atoms with Crippen molar-refractivity contribution in [3.05, 3.63) is 64.1 Å². The summed E-state index contributed by atoms with van der Waals surface area (Å²) in [6, 6.07) is 17.8. The molecule has 2 aliphatic rings. The first-order chi connectivity index (χ1) is 13.2. The number of nitrogens with one attached hydrogen (secondary N) is 1. The molecule has 3 atom stereocenters. The third kappa shape index (κ3) is 5.32. The van der Waals surface area contributed by atoms with E-state index < -0.39 is 0 Å². The fourth-order valence-electron chi connectivity index (χ4n) is 3.87. The van der Waals surface area contributed by atoms with Gasteiger partial charge in [0.25, 0.3) is 0 Å². The van der Waals surface area contributed by atoms with Crippen molar-refractivity contribution in [1.82, 2.24) is 10.2 Å². The summed E-state index contributed by atoms with van der Waals surface area (Å²) in [6.07, 6.45) is 2.37. The Labute approximate surface area is 170 Å². The quantitative estimate of drug-likeness (QED) is 0.673. The molecule has 0 spiro atoms. The first kappa shape index (κ1) is 18.9. The molecule has 4 nitrogen and oxygen atoms in total. The van der Waals surface area contributed by atoms with Crippen LogP contribution in [0.2, 0.25) is 0 Å². The molecule has 2 aromatic rings. The van der Waals surface area contributed by atoms with E-state index in [1.54, 1.807) is 0 Å². The van der Waals surface area contributed by atoms with Gasteiger partial charge in [0.15, 0.2) is 0 Å². The smallest absolute Gasteiger partial charge is 0.119 e. The summed E-state index contributed by atoms with van der Waals surface area (Å²) in [6.45, 7) is 4.96. The van der Waals surface area contributed by atoms with Crippen LogP contribution in [0.5, 0.6) is 5.75 Å². The minimum Gasteiger partial charge on any atom is -0.489 e. The summed E-state index contributed by atoms with van der Waals surface area (Å²) in [7, 11) is 0.